The summed E-state index contributed by atoms with van der Waals surface area (Å²) in [5, 5.41) is 6.74. The number of hydrogen-bond donors (Lipinski definition) is 2. The van der Waals surface area contributed by atoms with Crippen molar-refractivity contribution in [3.8, 4) is 11.6 Å². The number of guanidine groups is 1. The van der Waals surface area contributed by atoms with E-state index in [1.54, 1.807) is 18.7 Å². The number of halogens is 1. The molecule has 3 heterocycles. The summed E-state index contributed by atoms with van der Waals surface area (Å²) in [4.78, 5) is 13.2. The first kappa shape index (κ1) is 22.1. The number of ether oxygens (including phenoxy) is 1. The van der Waals surface area contributed by atoms with Crippen molar-refractivity contribution in [1.29, 1.82) is 0 Å². The number of aromatic nitrogens is 3. The normalized spacial score (nSPS) is 12.6. The van der Waals surface area contributed by atoms with Crippen LogP contribution in [-0.4, -0.2) is 40.2 Å². The standard InChI is InChI=1S/C22H26N6O.HI/c1-2-24-22(26-9-5-17-3-4-20-19(13-17)7-12-29-20)27-15-18-6-8-25-21(14-18)28-11-10-23-16-28;/h3-4,6,8,10-11,13-14,16H,2,5,7,9,12,15H2,1H3,(H2,24,26,27);1H. The largest absolute Gasteiger partial charge is 0.493 e. The van der Waals surface area contributed by atoms with Crippen LogP contribution in [0.3, 0.4) is 0 Å². The zero-order valence-corrected chi connectivity index (χ0v) is 19.4. The van der Waals surface area contributed by atoms with Crippen molar-refractivity contribution in [1.82, 2.24) is 25.2 Å². The molecule has 0 saturated heterocycles. The maximum atomic E-state index is 5.58. The molecule has 0 aliphatic carbocycles. The maximum absolute atomic E-state index is 5.58. The highest BCUT2D eigenvalue weighted by molar-refractivity contribution is 14.0. The second-order valence-electron chi connectivity index (χ2n) is 6.90. The summed E-state index contributed by atoms with van der Waals surface area (Å²) in [5.41, 5.74) is 3.73. The second-order valence-corrected chi connectivity index (χ2v) is 6.90. The van der Waals surface area contributed by atoms with Crippen molar-refractivity contribution < 1.29 is 4.74 Å². The van der Waals surface area contributed by atoms with Crippen LogP contribution in [0.1, 0.15) is 23.6 Å². The fourth-order valence-corrected chi connectivity index (χ4v) is 3.33. The minimum absolute atomic E-state index is 0. The van der Waals surface area contributed by atoms with Crippen molar-refractivity contribution in [3.63, 3.8) is 0 Å². The average Bonchev–Trinajstić information content (AvgIpc) is 3.44. The van der Waals surface area contributed by atoms with Crippen LogP contribution in [-0.2, 0) is 19.4 Å². The smallest absolute Gasteiger partial charge is 0.191 e. The highest BCUT2D eigenvalue weighted by atomic mass is 127. The van der Waals surface area contributed by atoms with Gasteiger partial charge in [0.25, 0.3) is 0 Å². The molecule has 0 radical (unpaired) electrons. The third kappa shape index (κ3) is 5.71. The summed E-state index contributed by atoms with van der Waals surface area (Å²) in [6, 6.07) is 10.5. The summed E-state index contributed by atoms with van der Waals surface area (Å²) < 4.78 is 7.47. The molecular formula is C22H27IN6O. The summed E-state index contributed by atoms with van der Waals surface area (Å²) in [6.45, 7) is 5.09. The van der Waals surface area contributed by atoms with Crippen LogP contribution >= 0.6 is 24.0 Å². The molecule has 2 N–H and O–H groups in total. The first-order valence-electron chi connectivity index (χ1n) is 10.0. The summed E-state index contributed by atoms with van der Waals surface area (Å²) >= 11 is 0. The Morgan fingerprint density at radius 1 is 1.17 bits per heavy atom. The molecule has 1 aromatic carbocycles. The van der Waals surface area contributed by atoms with Gasteiger partial charge in [0.2, 0.25) is 0 Å². The van der Waals surface area contributed by atoms with Crippen LogP contribution in [0.25, 0.3) is 5.82 Å². The van der Waals surface area contributed by atoms with Crippen LogP contribution < -0.4 is 15.4 Å². The van der Waals surface area contributed by atoms with Crippen molar-refractivity contribution >= 4 is 29.9 Å². The number of hydrogen-bond acceptors (Lipinski definition) is 4. The van der Waals surface area contributed by atoms with Gasteiger partial charge in [-0.05, 0) is 48.2 Å². The molecule has 2 aromatic heterocycles. The quantitative estimate of drug-likeness (QED) is 0.286. The molecule has 8 heteroatoms. The van der Waals surface area contributed by atoms with Gasteiger partial charge in [0, 0.05) is 38.1 Å². The lowest BCUT2D eigenvalue weighted by molar-refractivity contribution is 0.357. The minimum atomic E-state index is 0. The summed E-state index contributed by atoms with van der Waals surface area (Å²) in [7, 11) is 0. The van der Waals surface area contributed by atoms with Gasteiger partial charge in [-0.3, -0.25) is 4.57 Å². The third-order valence-electron chi connectivity index (χ3n) is 4.80. The average molecular weight is 518 g/mol. The van der Waals surface area contributed by atoms with E-state index >= 15 is 0 Å². The van der Waals surface area contributed by atoms with Crippen LogP contribution in [0, 0.1) is 0 Å². The predicted octanol–water partition coefficient (Wildman–Crippen LogP) is 3.12. The zero-order valence-electron chi connectivity index (χ0n) is 17.0. The highest BCUT2D eigenvalue weighted by Crippen LogP contribution is 2.25. The fourth-order valence-electron chi connectivity index (χ4n) is 3.33. The lowest BCUT2D eigenvalue weighted by Gasteiger charge is -2.12. The second kappa shape index (κ2) is 11.0. The molecule has 0 saturated carbocycles. The highest BCUT2D eigenvalue weighted by Gasteiger charge is 2.11. The lowest BCUT2D eigenvalue weighted by atomic mass is 10.1. The van der Waals surface area contributed by atoms with E-state index in [0.29, 0.717) is 6.54 Å². The van der Waals surface area contributed by atoms with E-state index in [1.807, 2.05) is 22.9 Å². The Hall–Kier alpha value is -2.62. The van der Waals surface area contributed by atoms with Crippen LogP contribution in [0.5, 0.6) is 5.75 Å². The lowest BCUT2D eigenvalue weighted by Crippen LogP contribution is -2.38. The van der Waals surface area contributed by atoms with Gasteiger partial charge in [-0.25, -0.2) is 15.0 Å². The molecule has 0 amide bonds. The summed E-state index contributed by atoms with van der Waals surface area (Å²) in [6.07, 6.45) is 9.12. The molecule has 3 aromatic rings. The van der Waals surface area contributed by atoms with Gasteiger partial charge in [0.15, 0.2) is 5.96 Å². The van der Waals surface area contributed by atoms with Crippen molar-refractivity contribution in [2.75, 3.05) is 19.7 Å². The topological polar surface area (TPSA) is 76.4 Å². The molecule has 158 valence electrons. The van der Waals surface area contributed by atoms with Crippen molar-refractivity contribution in [3.05, 3.63) is 71.9 Å². The van der Waals surface area contributed by atoms with Gasteiger partial charge >= 0.3 is 0 Å². The van der Waals surface area contributed by atoms with E-state index in [9.17, 15) is 0 Å². The first-order chi connectivity index (χ1) is 14.3. The molecule has 0 unspecified atom stereocenters. The van der Waals surface area contributed by atoms with Crippen molar-refractivity contribution in [2.45, 2.75) is 26.3 Å². The Morgan fingerprint density at radius 3 is 2.93 bits per heavy atom. The fraction of sp³-hybridized carbons (Fsp3) is 0.318. The number of rotatable bonds is 7. The molecule has 1 aliphatic rings. The molecule has 30 heavy (non-hydrogen) atoms. The molecule has 0 fully saturated rings. The minimum Gasteiger partial charge on any atom is -0.493 e. The molecule has 0 atom stereocenters. The molecule has 1 aliphatic heterocycles. The number of imidazole rings is 1. The zero-order chi connectivity index (χ0) is 19.9. The molecule has 4 rings (SSSR count). The third-order valence-corrected chi connectivity index (χ3v) is 4.80. The maximum Gasteiger partial charge on any atom is 0.191 e. The Kier molecular flexibility index (Phi) is 8.06. The number of benzene rings is 1. The van der Waals surface area contributed by atoms with Gasteiger partial charge in [-0.1, -0.05) is 12.1 Å². The predicted molar refractivity (Wildman–Crippen MR) is 129 cm³/mol. The van der Waals surface area contributed by atoms with Gasteiger partial charge in [0.1, 0.15) is 17.9 Å². The van der Waals surface area contributed by atoms with Crippen LogP contribution in [0.15, 0.2) is 60.2 Å². The van der Waals surface area contributed by atoms with Gasteiger partial charge < -0.3 is 15.4 Å². The van der Waals surface area contributed by atoms with E-state index in [-0.39, 0.29) is 24.0 Å². The Balaban J connectivity index is 0.00000256. The van der Waals surface area contributed by atoms with E-state index < -0.39 is 0 Å². The molecule has 7 nitrogen and oxygen atoms in total. The number of pyridine rings is 1. The number of nitrogens with one attached hydrogen (secondary N) is 2. The van der Waals surface area contributed by atoms with Gasteiger partial charge in [-0.2, -0.15) is 0 Å². The van der Waals surface area contributed by atoms with E-state index in [4.69, 9.17) is 9.73 Å². The van der Waals surface area contributed by atoms with Gasteiger partial charge in [0.05, 0.1) is 13.2 Å². The van der Waals surface area contributed by atoms with E-state index in [0.717, 1.165) is 55.6 Å². The molecule has 0 bridgehead atoms. The van der Waals surface area contributed by atoms with Gasteiger partial charge in [-0.15, -0.1) is 24.0 Å². The Labute approximate surface area is 194 Å². The van der Waals surface area contributed by atoms with Crippen LogP contribution in [0.2, 0.25) is 0 Å². The molecular weight excluding hydrogens is 491 g/mol. The van der Waals surface area contributed by atoms with Crippen LogP contribution in [0.4, 0.5) is 0 Å². The molecule has 0 spiro atoms. The number of nitrogens with zero attached hydrogens (tertiary/aromatic N) is 4. The van der Waals surface area contributed by atoms with E-state index in [1.165, 1.54) is 11.1 Å². The van der Waals surface area contributed by atoms with E-state index in [2.05, 4.69) is 45.7 Å². The summed E-state index contributed by atoms with van der Waals surface area (Å²) in [5.74, 6) is 2.69. The monoisotopic (exact) mass is 518 g/mol. The Morgan fingerprint density at radius 2 is 2.10 bits per heavy atom. The number of aliphatic imine (C=N–C) groups is 1. The SMILES string of the molecule is CCNC(=NCc1ccnc(-n2ccnc2)c1)NCCc1ccc2c(c1)CCO2.I. The number of fused-ring (bicyclic) bond motifs is 1. The first-order valence-corrected chi connectivity index (χ1v) is 10.0. The van der Waals surface area contributed by atoms with Crippen molar-refractivity contribution in [2.24, 2.45) is 4.99 Å². The Bertz CT molecular complexity index is 974.